The van der Waals surface area contributed by atoms with Gasteiger partial charge in [-0.1, -0.05) is 36.4 Å². The van der Waals surface area contributed by atoms with Crippen molar-refractivity contribution in [3.05, 3.63) is 71.2 Å². The fourth-order valence-electron chi connectivity index (χ4n) is 3.09. The molecule has 0 fully saturated rings. The fourth-order valence-corrected chi connectivity index (χ4v) is 3.77. The van der Waals surface area contributed by atoms with Gasteiger partial charge in [0.05, 0.1) is 27.7 Å². The van der Waals surface area contributed by atoms with Crippen LogP contribution in [-0.4, -0.2) is 26.6 Å². The van der Waals surface area contributed by atoms with Crippen LogP contribution in [0.5, 0.6) is 0 Å². The molecule has 1 aromatic carbocycles. The van der Waals surface area contributed by atoms with Crippen LogP contribution in [0.25, 0.3) is 21.6 Å². The highest BCUT2D eigenvalue weighted by Gasteiger charge is 2.26. The average molecular weight is 406 g/mol. The second kappa shape index (κ2) is 7.84. The van der Waals surface area contributed by atoms with Crippen molar-refractivity contribution < 1.29 is 14.3 Å². The van der Waals surface area contributed by atoms with E-state index >= 15 is 0 Å². The van der Waals surface area contributed by atoms with Gasteiger partial charge in [-0.05, 0) is 24.4 Å². The normalized spacial score (nSPS) is 12.0. The maximum Gasteiger partial charge on any atom is 0.340 e. The van der Waals surface area contributed by atoms with Gasteiger partial charge in [0.15, 0.2) is 5.65 Å². The lowest BCUT2D eigenvalue weighted by atomic mass is 10.1. The Labute approximate surface area is 170 Å². The predicted octanol–water partition coefficient (Wildman–Crippen LogP) is 3.56. The number of esters is 1. The summed E-state index contributed by atoms with van der Waals surface area (Å²) in [5, 5.41) is 6.81. The highest BCUT2D eigenvalue weighted by molar-refractivity contribution is 7.13. The number of hydrogen-bond acceptors (Lipinski definition) is 6. The Morgan fingerprint density at radius 1 is 1.21 bits per heavy atom. The Bertz CT molecular complexity index is 1170. The Kier molecular flexibility index (Phi) is 5.09. The summed E-state index contributed by atoms with van der Waals surface area (Å²) in [6.45, 7) is 2.55. The number of benzene rings is 1. The number of amides is 1. The van der Waals surface area contributed by atoms with E-state index < -0.39 is 18.0 Å². The van der Waals surface area contributed by atoms with Gasteiger partial charge in [0.1, 0.15) is 0 Å². The SMILES string of the molecule is CCn1ncc2c(C(=O)OC(C(N)=O)c3ccccc3)cc(-c3cccs3)nc21. The number of nitrogens with zero attached hydrogens (tertiary/aromatic N) is 3. The number of rotatable bonds is 6. The largest absolute Gasteiger partial charge is 0.444 e. The van der Waals surface area contributed by atoms with E-state index in [-0.39, 0.29) is 0 Å². The number of fused-ring (bicyclic) bond motifs is 1. The molecule has 0 aliphatic heterocycles. The molecule has 0 radical (unpaired) electrons. The van der Waals surface area contributed by atoms with Gasteiger partial charge >= 0.3 is 5.97 Å². The fraction of sp³-hybridized carbons (Fsp3) is 0.143. The van der Waals surface area contributed by atoms with Crippen molar-refractivity contribution in [2.24, 2.45) is 5.73 Å². The first-order valence-corrected chi connectivity index (χ1v) is 9.92. The summed E-state index contributed by atoms with van der Waals surface area (Å²) in [7, 11) is 0. The quantitative estimate of drug-likeness (QED) is 0.494. The predicted molar refractivity (Wildman–Crippen MR) is 110 cm³/mol. The first kappa shape index (κ1) is 18.8. The number of nitrogens with two attached hydrogens (primary N) is 1. The second-order valence-electron chi connectivity index (χ2n) is 6.33. The maximum atomic E-state index is 13.1. The van der Waals surface area contributed by atoms with E-state index in [4.69, 9.17) is 10.5 Å². The van der Waals surface area contributed by atoms with Crippen molar-refractivity contribution in [1.29, 1.82) is 0 Å². The van der Waals surface area contributed by atoms with Gasteiger partial charge in [0.25, 0.3) is 5.91 Å². The molecule has 0 saturated heterocycles. The lowest BCUT2D eigenvalue weighted by Gasteiger charge is -2.15. The average Bonchev–Trinajstić information content (AvgIpc) is 3.41. The summed E-state index contributed by atoms with van der Waals surface area (Å²) in [5.41, 5.74) is 7.53. The van der Waals surface area contributed by atoms with Crippen molar-refractivity contribution in [3.63, 3.8) is 0 Å². The smallest absolute Gasteiger partial charge is 0.340 e. The highest BCUT2D eigenvalue weighted by Crippen LogP contribution is 2.29. The Morgan fingerprint density at radius 2 is 2.00 bits per heavy atom. The van der Waals surface area contributed by atoms with Gasteiger partial charge in [-0.15, -0.1) is 11.3 Å². The van der Waals surface area contributed by atoms with Gasteiger partial charge < -0.3 is 10.5 Å². The summed E-state index contributed by atoms with van der Waals surface area (Å²) in [5.74, 6) is -1.39. The standard InChI is InChI=1S/C21H18N4O3S/c1-2-25-20-15(12-23-25)14(11-16(24-20)17-9-6-10-29-17)21(27)28-18(19(22)26)13-7-4-3-5-8-13/h3-12,18H,2H2,1H3,(H2,22,26). The minimum Gasteiger partial charge on any atom is -0.444 e. The summed E-state index contributed by atoms with van der Waals surface area (Å²) in [6.07, 6.45) is 0.404. The maximum absolute atomic E-state index is 13.1. The van der Waals surface area contributed by atoms with Crippen LogP contribution < -0.4 is 5.73 Å². The Hall–Kier alpha value is -3.52. The zero-order valence-corrected chi connectivity index (χ0v) is 16.4. The van der Waals surface area contributed by atoms with Crippen LogP contribution in [0.3, 0.4) is 0 Å². The molecule has 0 aliphatic rings. The monoisotopic (exact) mass is 406 g/mol. The molecule has 146 valence electrons. The molecule has 1 amide bonds. The molecule has 0 spiro atoms. The molecule has 1 atom stereocenters. The minimum absolute atomic E-state index is 0.292. The number of carbonyl (C=O) groups is 2. The number of ether oxygens (including phenoxy) is 1. The van der Waals surface area contributed by atoms with Gasteiger partial charge in [-0.25, -0.2) is 14.5 Å². The van der Waals surface area contributed by atoms with Gasteiger partial charge in [-0.3, -0.25) is 4.79 Å². The summed E-state index contributed by atoms with van der Waals surface area (Å²) < 4.78 is 7.25. The Morgan fingerprint density at radius 3 is 2.66 bits per heavy atom. The minimum atomic E-state index is -1.18. The van der Waals surface area contributed by atoms with Crippen LogP contribution in [0.2, 0.25) is 0 Å². The first-order valence-electron chi connectivity index (χ1n) is 9.04. The summed E-state index contributed by atoms with van der Waals surface area (Å²) in [4.78, 5) is 30.6. The molecule has 0 saturated carbocycles. The van der Waals surface area contributed by atoms with Crippen molar-refractivity contribution >= 4 is 34.2 Å². The molecule has 7 nitrogen and oxygen atoms in total. The van der Waals surface area contributed by atoms with Gasteiger partial charge in [-0.2, -0.15) is 5.10 Å². The third-order valence-corrected chi connectivity index (χ3v) is 5.38. The van der Waals surface area contributed by atoms with Crippen LogP contribution >= 0.6 is 11.3 Å². The van der Waals surface area contributed by atoms with Crippen LogP contribution in [0.4, 0.5) is 0 Å². The first-order chi connectivity index (χ1) is 14.1. The molecular weight excluding hydrogens is 388 g/mol. The van der Waals surface area contributed by atoms with E-state index in [0.717, 1.165) is 4.88 Å². The van der Waals surface area contributed by atoms with E-state index in [1.807, 2.05) is 30.5 Å². The highest BCUT2D eigenvalue weighted by atomic mass is 32.1. The van der Waals surface area contributed by atoms with Crippen molar-refractivity contribution in [2.75, 3.05) is 0 Å². The van der Waals surface area contributed by atoms with Crippen molar-refractivity contribution in [1.82, 2.24) is 14.8 Å². The molecule has 4 rings (SSSR count). The van der Waals surface area contributed by atoms with Gasteiger partial charge in [0, 0.05) is 12.1 Å². The van der Waals surface area contributed by atoms with E-state index in [2.05, 4.69) is 10.1 Å². The number of hydrogen-bond donors (Lipinski definition) is 1. The van der Waals surface area contributed by atoms with Crippen LogP contribution in [0.15, 0.2) is 60.1 Å². The summed E-state index contributed by atoms with van der Waals surface area (Å²) in [6, 6.07) is 14.2. The molecule has 8 heteroatoms. The lowest BCUT2D eigenvalue weighted by Crippen LogP contribution is -2.26. The molecule has 0 bridgehead atoms. The molecule has 29 heavy (non-hydrogen) atoms. The van der Waals surface area contributed by atoms with Crippen LogP contribution in [0.1, 0.15) is 28.9 Å². The van der Waals surface area contributed by atoms with E-state index in [1.54, 1.807) is 41.2 Å². The van der Waals surface area contributed by atoms with Crippen molar-refractivity contribution in [3.8, 4) is 10.6 Å². The van der Waals surface area contributed by atoms with Crippen LogP contribution in [-0.2, 0) is 16.1 Å². The van der Waals surface area contributed by atoms with E-state index in [9.17, 15) is 9.59 Å². The molecular formula is C21H18N4O3S. The molecule has 2 N–H and O–H groups in total. The van der Waals surface area contributed by atoms with E-state index in [0.29, 0.717) is 34.4 Å². The third kappa shape index (κ3) is 3.62. The van der Waals surface area contributed by atoms with Crippen molar-refractivity contribution in [2.45, 2.75) is 19.6 Å². The number of carbonyl (C=O) groups excluding carboxylic acids is 2. The number of pyridine rings is 1. The zero-order valence-electron chi connectivity index (χ0n) is 15.6. The molecule has 4 aromatic rings. The lowest BCUT2D eigenvalue weighted by molar-refractivity contribution is -0.127. The number of primary amides is 1. The third-order valence-electron chi connectivity index (χ3n) is 4.49. The number of aromatic nitrogens is 3. The second-order valence-corrected chi connectivity index (χ2v) is 7.28. The van der Waals surface area contributed by atoms with Crippen LogP contribution in [0, 0.1) is 0 Å². The molecule has 3 heterocycles. The summed E-state index contributed by atoms with van der Waals surface area (Å²) >= 11 is 1.52. The molecule has 1 unspecified atom stereocenters. The molecule has 0 aliphatic carbocycles. The number of aryl methyl sites for hydroxylation is 1. The molecule has 3 aromatic heterocycles. The van der Waals surface area contributed by atoms with Gasteiger partial charge in [0.2, 0.25) is 6.10 Å². The topological polar surface area (TPSA) is 100 Å². The zero-order chi connectivity index (χ0) is 20.4. The Balaban J connectivity index is 1.78. The van der Waals surface area contributed by atoms with E-state index in [1.165, 1.54) is 11.3 Å². The number of thiophene rings is 1.